The molecule has 1 aliphatic carbocycles. The summed E-state index contributed by atoms with van der Waals surface area (Å²) in [6, 6.07) is 6.37. The zero-order valence-electron chi connectivity index (χ0n) is 10.5. The quantitative estimate of drug-likeness (QED) is 0.889. The maximum Gasteiger partial charge on any atom is 0.134 e. The van der Waals surface area contributed by atoms with Crippen molar-refractivity contribution in [2.75, 3.05) is 0 Å². The third-order valence-corrected chi connectivity index (χ3v) is 4.26. The Kier molecular flexibility index (Phi) is 3.79. The van der Waals surface area contributed by atoms with E-state index in [1.807, 2.05) is 18.2 Å². The highest BCUT2D eigenvalue weighted by Crippen LogP contribution is 2.37. The zero-order chi connectivity index (χ0) is 12.5. The van der Waals surface area contributed by atoms with Gasteiger partial charge in [-0.1, -0.05) is 26.0 Å². The van der Waals surface area contributed by atoms with E-state index in [2.05, 4.69) is 35.1 Å². The van der Waals surface area contributed by atoms with Gasteiger partial charge in [-0.05, 0) is 46.7 Å². The minimum Gasteiger partial charge on any atom is -0.506 e. The lowest BCUT2D eigenvalue weighted by atomic mass is 9.92. The molecule has 0 spiro atoms. The van der Waals surface area contributed by atoms with E-state index in [-0.39, 0.29) is 0 Å². The van der Waals surface area contributed by atoms with E-state index in [1.165, 1.54) is 19.3 Å². The molecule has 0 aromatic heterocycles. The van der Waals surface area contributed by atoms with Crippen LogP contribution in [-0.4, -0.2) is 11.1 Å². The number of halogens is 1. The van der Waals surface area contributed by atoms with Crippen LogP contribution in [0.4, 0.5) is 0 Å². The van der Waals surface area contributed by atoms with Crippen LogP contribution in [-0.2, 0) is 6.54 Å². The Morgan fingerprint density at radius 1 is 1.47 bits per heavy atom. The molecule has 2 nitrogen and oxygen atoms in total. The molecule has 1 saturated carbocycles. The predicted octanol–water partition coefficient (Wildman–Crippen LogP) is 3.82. The van der Waals surface area contributed by atoms with Gasteiger partial charge in [0.05, 0.1) is 4.47 Å². The normalized spacial score (nSPS) is 22.9. The van der Waals surface area contributed by atoms with Gasteiger partial charge >= 0.3 is 0 Å². The van der Waals surface area contributed by atoms with Crippen LogP contribution >= 0.6 is 15.9 Å². The molecule has 2 rings (SSSR count). The molecule has 17 heavy (non-hydrogen) atoms. The molecule has 0 aliphatic heterocycles. The molecule has 0 saturated heterocycles. The number of phenols is 1. The number of phenolic OH excluding ortho intramolecular Hbond substituents is 1. The Morgan fingerprint density at radius 3 is 2.88 bits per heavy atom. The Labute approximate surface area is 112 Å². The summed E-state index contributed by atoms with van der Waals surface area (Å²) in [6.07, 6.45) is 3.75. The first-order chi connectivity index (χ1) is 7.98. The molecule has 1 fully saturated rings. The minimum atomic E-state index is 0.359. The van der Waals surface area contributed by atoms with Gasteiger partial charge in [0, 0.05) is 18.2 Å². The van der Waals surface area contributed by atoms with Crippen molar-refractivity contribution in [3.8, 4) is 5.75 Å². The monoisotopic (exact) mass is 297 g/mol. The third kappa shape index (κ3) is 3.23. The van der Waals surface area contributed by atoms with Crippen molar-refractivity contribution in [3.05, 3.63) is 28.2 Å². The van der Waals surface area contributed by atoms with Gasteiger partial charge in [0.15, 0.2) is 0 Å². The number of nitrogens with one attached hydrogen (secondary N) is 1. The van der Waals surface area contributed by atoms with Crippen molar-refractivity contribution in [2.24, 2.45) is 5.41 Å². The van der Waals surface area contributed by atoms with E-state index in [4.69, 9.17) is 0 Å². The lowest BCUT2D eigenvalue weighted by molar-refractivity contribution is 0.363. The van der Waals surface area contributed by atoms with Gasteiger partial charge in [0.2, 0.25) is 0 Å². The first-order valence-electron chi connectivity index (χ1n) is 6.18. The van der Waals surface area contributed by atoms with E-state index < -0.39 is 0 Å². The molecule has 1 unspecified atom stereocenters. The molecule has 3 heteroatoms. The topological polar surface area (TPSA) is 32.3 Å². The van der Waals surface area contributed by atoms with Crippen molar-refractivity contribution in [1.29, 1.82) is 0 Å². The number of rotatable bonds is 3. The molecule has 1 aromatic carbocycles. The van der Waals surface area contributed by atoms with Gasteiger partial charge in [-0.3, -0.25) is 0 Å². The highest BCUT2D eigenvalue weighted by molar-refractivity contribution is 9.10. The van der Waals surface area contributed by atoms with Gasteiger partial charge in [-0.15, -0.1) is 0 Å². The van der Waals surface area contributed by atoms with Crippen molar-refractivity contribution in [2.45, 2.75) is 45.7 Å². The summed E-state index contributed by atoms with van der Waals surface area (Å²) in [5.74, 6) is 0.359. The molecule has 2 N–H and O–H groups in total. The third-order valence-electron chi connectivity index (χ3n) is 3.62. The molecule has 94 valence electrons. The van der Waals surface area contributed by atoms with Crippen molar-refractivity contribution in [3.63, 3.8) is 0 Å². The minimum absolute atomic E-state index is 0.359. The second kappa shape index (κ2) is 4.99. The van der Waals surface area contributed by atoms with E-state index in [0.29, 0.717) is 17.2 Å². The van der Waals surface area contributed by atoms with Crippen molar-refractivity contribution in [1.82, 2.24) is 5.32 Å². The number of hydrogen-bond donors (Lipinski definition) is 2. The molecule has 0 radical (unpaired) electrons. The lowest BCUT2D eigenvalue weighted by Crippen LogP contribution is -2.26. The highest BCUT2D eigenvalue weighted by Gasteiger charge is 2.30. The van der Waals surface area contributed by atoms with E-state index >= 15 is 0 Å². The van der Waals surface area contributed by atoms with Crippen LogP contribution in [0.3, 0.4) is 0 Å². The number of para-hydroxylation sites is 1. The largest absolute Gasteiger partial charge is 0.506 e. The Hall–Kier alpha value is -0.540. The fourth-order valence-electron chi connectivity index (χ4n) is 2.57. The molecule has 0 bridgehead atoms. The van der Waals surface area contributed by atoms with Gasteiger partial charge in [0.1, 0.15) is 5.75 Å². The van der Waals surface area contributed by atoms with Crippen LogP contribution < -0.4 is 5.32 Å². The summed E-state index contributed by atoms with van der Waals surface area (Å²) in [6.45, 7) is 5.39. The molecule has 0 amide bonds. The second-order valence-electron chi connectivity index (χ2n) is 5.73. The number of aromatic hydroxyl groups is 1. The first-order valence-corrected chi connectivity index (χ1v) is 6.97. The van der Waals surface area contributed by atoms with Crippen LogP contribution in [0.25, 0.3) is 0 Å². The predicted molar refractivity (Wildman–Crippen MR) is 74.1 cm³/mol. The Bertz CT molecular complexity index is 403. The summed E-state index contributed by atoms with van der Waals surface area (Å²) < 4.78 is 0.767. The fourth-order valence-corrected chi connectivity index (χ4v) is 2.97. The molecular formula is C14H20BrNO. The summed E-state index contributed by atoms with van der Waals surface area (Å²) in [5.41, 5.74) is 1.43. The van der Waals surface area contributed by atoms with E-state index in [0.717, 1.165) is 16.6 Å². The van der Waals surface area contributed by atoms with Crippen LogP contribution in [0.1, 0.15) is 38.7 Å². The lowest BCUT2D eigenvalue weighted by Gasteiger charge is -2.18. The average Bonchev–Trinajstić information content (AvgIpc) is 2.61. The number of hydrogen-bond acceptors (Lipinski definition) is 2. The van der Waals surface area contributed by atoms with E-state index in [1.54, 1.807) is 0 Å². The second-order valence-corrected chi connectivity index (χ2v) is 6.59. The molecule has 1 atom stereocenters. The van der Waals surface area contributed by atoms with Crippen LogP contribution in [0, 0.1) is 5.41 Å². The zero-order valence-corrected chi connectivity index (χ0v) is 12.0. The summed E-state index contributed by atoms with van der Waals surface area (Å²) in [5, 5.41) is 13.4. The Morgan fingerprint density at radius 2 is 2.24 bits per heavy atom. The number of benzene rings is 1. The fraction of sp³-hybridized carbons (Fsp3) is 0.571. The van der Waals surface area contributed by atoms with Crippen LogP contribution in [0.5, 0.6) is 5.75 Å². The van der Waals surface area contributed by atoms with Crippen molar-refractivity contribution < 1.29 is 5.11 Å². The summed E-state index contributed by atoms with van der Waals surface area (Å²) in [7, 11) is 0. The summed E-state index contributed by atoms with van der Waals surface area (Å²) in [4.78, 5) is 0. The molecular weight excluding hydrogens is 278 g/mol. The van der Waals surface area contributed by atoms with E-state index in [9.17, 15) is 5.11 Å². The van der Waals surface area contributed by atoms with Gasteiger partial charge in [0.25, 0.3) is 0 Å². The van der Waals surface area contributed by atoms with Crippen molar-refractivity contribution >= 4 is 15.9 Å². The standard InChI is InChI=1S/C14H20BrNO/c1-14(2)7-6-11(8-14)16-9-10-4-3-5-12(15)13(10)17/h3-5,11,16-17H,6-9H2,1-2H3. The SMILES string of the molecule is CC1(C)CCC(NCc2cccc(Br)c2O)C1. The Balaban J connectivity index is 1.93. The first kappa shape index (κ1) is 12.9. The highest BCUT2D eigenvalue weighted by atomic mass is 79.9. The average molecular weight is 298 g/mol. The van der Waals surface area contributed by atoms with Crippen LogP contribution in [0.15, 0.2) is 22.7 Å². The smallest absolute Gasteiger partial charge is 0.134 e. The van der Waals surface area contributed by atoms with Gasteiger partial charge in [-0.25, -0.2) is 0 Å². The maximum absolute atomic E-state index is 9.89. The van der Waals surface area contributed by atoms with Crippen LogP contribution in [0.2, 0.25) is 0 Å². The maximum atomic E-state index is 9.89. The molecule has 1 aromatic rings. The summed E-state index contributed by atoms with van der Waals surface area (Å²) >= 11 is 3.34. The van der Waals surface area contributed by atoms with Gasteiger partial charge < -0.3 is 10.4 Å². The molecule has 1 aliphatic rings. The van der Waals surface area contributed by atoms with Gasteiger partial charge in [-0.2, -0.15) is 0 Å². The molecule has 0 heterocycles.